The fraction of sp³-hybridized carbons (Fsp3) is 0.636. The number of aliphatic hydroxyl groups excluding tert-OH is 1. The van der Waals surface area contributed by atoms with Crippen molar-refractivity contribution in [2.24, 2.45) is 11.7 Å². The van der Waals surface area contributed by atoms with E-state index in [4.69, 9.17) is 5.73 Å². The van der Waals surface area contributed by atoms with E-state index in [1.807, 2.05) is 0 Å². The molecule has 3 rings (SSSR count). The molecule has 2 aliphatic rings. The lowest BCUT2D eigenvalue weighted by Crippen LogP contribution is -2.40. The first kappa shape index (κ1) is 17.7. The van der Waals surface area contributed by atoms with Gasteiger partial charge in [0.05, 0.1) is 6.61 Å². The summed E-state index contributed by atoms with van der Waals surface area (Å²) in [5, 5.41) is 9.48. The summed E-state index contributed by atoms with van der Waals surface area (Å²) < 4.78 is 0. The number of hydrogen-bond donors (Lipinski definition) is 2. The second kappa shape index (κ2) is 7.84. The molecule has 1 saturated carbocycles. The van der Waals surface area contributed by atoms with Crippen molar-refractivity contribution >= 4 is 0 Å². The van der Waals surface area contributed by atoms with Gasteiger partial charge in [-0.05, 0) is 73.5 Å². The number of aryl methyl sites for hydroxylation is 1. The van der Waals surface area contributed by atoms with Gasteiger partial charge in [-0.3, -0.25) is 0 Å². The summed E-state index contributed by atoms with van der Waals surface area (Å²) in [6, 6.07) is 7.10. The fourth-order valence-corrected chi connectivity index (χ4v) is 4.42. The van der Waals surface area contributed by atoms with Gasteiger partial charge in [0.1, 0.15) is 0 Å². The molecule has 24 heavy (non-hydrogen) atoms. The van der Waals surface area contributed by atoms with Crippen molar-refractivity contribution in [2.45, 2.75) is 76.2 Å². The molecule has 0 bridgehead atoms. The Labute approximate surface area is 147 Å². The molecule has 0 aliphatic heterocycles. The van der Waals surface area contributed by atoms with Crippen molar-refractivity contribution in [1.29, 1.82) is 0 Å². The van der Waals surface area contributed by atoms with Gasteiger partial charge in [0.2, 0.25) is 0 Å². The van der Waals surface area contributed by atoms with E-state index in [0.717, 1.165) is 25.2 Å². The van der Waals surface area contributed by atoms with Crippen LogP contribution in [0.5, 0.6) is 0 Å². The highest BCUT2D eigenvalue weighted by Gasteiger charge is 2.36. The number of rotatable bonds is 6. The van der Waals surface area contributed by atoms with Crippen LogP contribution in [0.2, 0.25) is 0 Å². The van der Waals surface area contributed by atoms with Crippen molar-refractivity contribution < 1.29 is 5.11 Å². The van der Waals surface area contributed by atoms with Crippen LogP contribution in [0.3, 0.4) is 0 Å². The fourth-order valence-electron chi connectivity index (χ4n) is 4.42. The Morgan fingerprint density at radius 3 is 2.92 bits per heavy atom. The number of unbranched alkanes of at least 4 members (excludes halogenated alkanes) is 2. The molecule has 0 spiro atoms. The van der Waals surface area contributed by atoms with Gasteiger partial charge in [-0.1, -0.05) is 50.1 Å². The highest BCUT2D eigenvalue weighted by Crippen LogP contribution is 2.40. The molecule has 2 heteroatoms. The first-order valence-electron chi connectivity index (χ1n) is 9.81. The largest absolute Gasteiger partial charge is 0.394 e. The monoisotopic (exact) mass is 327 g/mol. The molecule has 1 aromatic carbocycles. The summed E-state index contributed by atoms with van der Waals surface area (Å²) >= 11 is 0. The van der Waals surface area contributed by atoms with Crippen LogP contribution in [0.25, 0.3) is 0 Å². The third kappa shape index (κ3) is 4.10. The van der Waals surface area contributed by atoms with E-state index in [2.05, 4.69) is 37.3 Å². The van der Waals surface area contributed by atoms with Crippen LogP contribution in [-0.2, 0) is 12.8 Å². The minimum atomic E-state index is -0.352. The average molecular weight is 328 g/mol. The minimum Gasteiger partial charge on any atom is -0.394 e. The number of benzene rings is 1. The molecule has 0 saturated heterocycles. The Kier molecular flexibility index (Phi) is 5.78. The van der Waals surface area contributed by atoms with Gasteiger partial charge >= 0.3 is 0 Å². The Hall–Kier alpha value is -1.12. The molecule has 0 heterocycles. The third-order valence-electron chi connectivity index (χ3n) is 6.06. The smallest absolute Gasteiger partial charge is 0.0611 e. The van der Waals surface area contributed by atoms with Crippen LogP contribution in [0.15, 0.2) is 30.4 Å². The summed E-state index contributed by atoms with van der Waals surface area (Å²) in [6.07, 6.45) is 15.3. The molecule has 2 nitrogen and oxygen atoms in total. The van der Waals surface area contributed by atoms with E-state index in [1.54, 1.807) is 5.56 Å². The third-order valence-corrected chi connectivity index (χ3v) is 6.06. The topological polar surface area (TPSA) is 46.2 Å². The summed E-state index contributed by atoms with van der Waals surface area (Å²) in [4.78, 5) is 0. The maximum atomic E-state index is 9.48. The molecule has 0 radical (unpaired) electrons. The molecular weight excluding hydrogens is 294 g/mol. The lowest BCUT2D eigenvalue weighted by Gasteiger charge is -2.25. The number of aliphatic hydroxyl groups is 1. The molecule has 0 amide bonds. The van der Waals surface area contributed by atoms with Gasteiger partial charge in [-0.25, -0.2) is 0 Å². The van der Waals surface area contributed by atoms with E-state index in [0.29, 0.717) is 5.92 Å². The minimum absolute atomic E-state index is 0.112. The van der Waals surface area contributed by atoms with Gasteiger partial charge < -0.3 is 10.8 Å². The van der Waals surface area contributed by atoms with Gasteiger partial charge in [-0.2, -0.15) is 0 Å². The molecule has 1 fully saturated rings. The Balaban J connectivity index is 1.63. The Morgan fingerprint density at radius 1 is 1.29 bits per heavy atom. The number of hydrogen-bond acceptors (Lipinski definition) is 2. The SMILES string of the molecule is CCCC/C=C/[C@@H]1CCc2cc(C3CCC(N)(CO)C3)ccc2C1. The van der Waals surface area contributed by atoms with E-state index < -0.39 is 0 Å². The predicted molar refractivity (Wildman–Crippen MR) is 101 cm³/mol. The zero-order valence-electron chi connectivity index (χ0n) is 15.1. The zero-order chi connectivity index (χ0) is 17.0. The molecular formula is C22H33NO. The second-order valence-corrected chi connectivity index (χ2v) is 8.06. The molecule has 0 aromatic heterocycles. The highest BCUT2D eigenvalue weighted by atomic mass is 16.3. The van der Waals surface area contributed by atoms with Crippen molar-refractivity contribution in [1.82, 2.24) is 0 Å². The Bertz CT molecular complexity index is 579. The number of fused-ring (bicyclic) bond motifs is 1. The summed E-state index contributed by atoms with van der Waals surface area (Å²) in [5.41, 5.74) is 10.4. The Morgan fingerprint density at radius 2 is 2.17 bits per heavy atom. The molecule has 132 valence electrons. The van der Waals surface area contributed by atoms with Crippen LogP contribution in [0.1, 0.15) is 74.5 Å². The normalized spacial score (nSPS) is 30.0. The van der Waals surface area contributed by atoms with Crippen LogP contribution >= 0.6 is 0 Å². The van der Waals surface area contributed by atoms with Crippen LogP contribution < -0.4 is 5.73 Å². The maximum absolute atomic E-state index is 9.48. The summed E-state index contributed by atoms with van der Waals surface area (Å²) in [5.74, 6) is 1.25. The first-order valence-corrected chi connectivity index (χ1v) is 9.81. The molecule has 2 aliphatic carbocycles. The van der Waals surface area contributed by atoms with Crippen LogP contribution in [-0.4, -0.2) is 17.3 Å². The maximum Gasteiger partial charge on any atom is 0.0611 e. The lowest BCUT2D eigenvalue weighted by atomic mass is 9.81. The van der Waals surface area contributed by atoms with Gasteiger partial charge in [0.15, 0.2) is 0 Å². The van der Waals surface area contributed by atoms with Crippen molar-refractivity contribution in [2.75, 3.05) is 6.61 Å². The molecule has 3 atom stereocenters. The lowest BCUT2D eigenvalue weighted by molar-refractivity contribution is 0.198. The number of allylic oxidation sites excluding steroid dienone is 2. The second-order valence-electron chi connectivity index (χ2n) is 8.06. The van der Waals surface area contributed by atoms with Crippen molar-refractivity contribution in [3.63, 3.8) is 0 Å². The summed E-state index contributed by atoms with van der Waals surface area (Å²) in [6.45, 7) is 2.36. The van der Waals surface area contributed by atoms with E-state index in [1.165, 1.54) is 49.7 Å². The molecule has 3 N–H and O–H groups in total. The first-order chi connectivity index (χ1) is 11.6. The number of nitrogens with two attached hydrogens (primary N) is 1. The summed E-state index contributed by atoms with van der Waals surface area (Å²) in [7, 11) is 0. The van der Waals surface area contributed by atoms with Gasteiger partial charge in [0.25, 0.3) is 0 Å². The van der Waals surface area contributed by atoms with Crippen molar-refractivity contribution in [3.8, 4) is 0 Å². The standard InChI is InChI=1S/C22H33NO/c1-2-3-4-5-6-17-7-8-19-14-20(10-9-18(19)13-17)21-11-12-22(23,15-21)16-24/h5-6,9-10,14,17,21,24H,2-4,7-8,11-13,15-16,23H2,1H3/b6-5+/t17-,21?,22?/m1/s1. The van der Waals surface area contributed by atoms with Crippen molar-refractivity contribution in [3.05, 3.63) is 47.0 Å². The van der Waals surface area contributed by atoms with Gasteiger partial charge in [0, 0.05) is 5.54 Å². The predicted octanol–water partition coefficient (Wildman–Crippen LogP) is 4.50. The van der Waals surface area contributed by atoms with Gasteiger partial charge in [-0.15, -0.1) is 0 Å². The van der Waals surface area contributed by atoms with Crippen LogP contribution in [0.4, 0.5) is 0 Å². The van der Waals surface area contributed by atoms with E-state index in [9.17, 15) is 5.11 Å². The molecule has 1 aromatic rings. The van der Waals surface area contributed by atoms with E-state index in [-0.39, 0.29) is 12.1 Å². The molecule has 2 unspecified atom stereocenters. The quantitative estimate of drug-likeness (QED) is 0.597. The zero-order valence-corrected chi connectivity index (χ0v) is 15.1. The highest BCUT2D eigenvalue weighted by molar-refractivity contribution is 5.37. The average Bonchev–Trinajstić information content (AvgIpc) is 3.01. The van der Waals surface area contributed by atoms with E-state index >= 15 is 0 Å². The van der Waals surface area contributed by atoms with Crippen LogP contribution in [0, 0.1) is 5.92 Å².